The Labute approximate surface area is 126 Å². The third-order valence-electron chi connectivity index (χ3n) is 3.49. The van der Waals surface area contributed by atoms with Crippen molar-refractivity contribution in [1.29, 1.82) is 0 Å². The van der Waals surface area contributed by atoms with Crippen LogP contribution in [-0.2, 0) is 4.79 Å². The van der Waals surface area contributed by atoms with Crippen molar-refractivity contribution in [3.8, 4) is 0 Å². The molecule has 1 atom stereocenters. The topological polar surface area (TPSA) is 147 Å². The Morgan fingerprint density at radius 2 is 1.82 bits per heavy atom. The summed E-state index contributed by atoms with van der Waals surface area (Å²) >= 11 is 0. The molecule has 2 rings (SSSR count). The first-order valence-electron chi connectivity index (χ1n) is 6.38. The van der Waals surface area contributed by atoms with Gasteiger partial charge in [-0.25, -0.2) is 10.7 Å². The monoisotopic (exact) mass is 311 g/mol. The number of aliphatic carboxylic acids is 1. The highest BCUT2D eigenvalue weighted by Gasteiger charge is 2.38. The Kier molecular flexibility index (Phi) is 5.55. The van der Waals surface area contributed by atoms with Crippen LogP contribution in [0.5, 0.6) is 0 Å². The van der Waals surface area contributed by atoms with E-state index in [1.807, 2.05) is 0 Å². The molecule has 1 aromatic rings. The maximum Gasteiger partial charge on any atom is 0.326 e. The summed E-state index contributed by atoms with van der Waals surface area (Å²) in [5.41, 5.74) is 1.06. The van der Waals surface area contributed by atoms with E-state index in [2.05, 4.69) is 5.90 Å². The first-order valence-corrected chi connectivity index (χ1v) is 6.38. The van der Waals surface area contributed by atoms with E-state index in [4.69, 9.17) is 10.3 Å². The Morgan fingerprint density at radius 3 is 2.14 bits per heavy atom. The Balaban J connectivity index is 0.00000116. The smallest absolute Gasteiger partial charge is 0.326 e. The van der Waals surface area contributed by atoms with Gasteiger partial charge in [0, 0.05) is 23.2 Å². The molecule has 0 spiro atoms. The SMILES string of the molecule is Cc1cc(C(=O)N2CCC2C(=O)O)cc(C)c1[N+](=O)[O-].NO. The van der Waals surface area contributed by atoms with Gasteiger partial charge in [0.2, 0.25) is 0 Å². The highest BCUT2D eigenvalue weighted by Crippen LogP contribution is 2.27. The summed E-state index contributed by atoms with van der Waals surface area (Å²) in [7, 11) is 0. The highest BCUT2D eigenvalue weighted by atomic mass is 16.6. The summed E-state index contributed by atoms with van der Waals surface area (Å²) in [6.45, 7) is 3.52. The molecule has 1 heterocycles. The third kappa shape index (κ3) is 3.21. The normalized spacial score (nSPS) is 16.2. The van der Waals surface area contributed by atoms with Gasteiger partial charge in [-0.1, -0.05) is 0 Å². The molecule has 0 bridgehead atoms. The van der Waals surface area contributed by atoms with Gasteiger partial charge in [-0.15, -0.1) is 0 Å². The lowest BCUT2D eigenvalue weighted by molar-refractivity contribution is -0.386. The van der Waals surface area contributed by atoms with Gasteiger partial charge in [-0.3, -0.25) is 14.9 Å². The van der Waals surface area contributed by atoms with Crippen LogP contribution in [0.3, 0.4) is 0 Å². The minimum absolute atomic E-state index is 0.0139. The number of likely N-dealkylation sites (tertiary alicyclic amines) is 1. The van der Waals surface area contributed by atoms with E-state index in [0.717, 1.165) is 0 Å². The lowest BCUT2D eigenvalue weighted by Gasteiger charge is -2.38. The van der Waals surface area contributed by atoms with Crippen LogP contribution in [0.2, 0.25) is 0 Å². The van der Waals surface area contributed by atoms with E-state index < -0.39 is 22.8 Å². The van der Waals surface area contributed by atoms with E-state index >= 15 is 0 Å². The van der Waals surface area contributed by atoms with Gasteiger partial charge in [0.15, 0.2) is 0 Å². The van der Waals surface area contributed by atoms with Crippen LogP contribution in [0, 0.1) is 24.0 Å². The average molecular weight is 311 g/mol. The van der Waals surface area contributed by atoms with E-state index in [1.165, 1.54) is 17.0 Å². The third-order valence-corrected chi connectivity index (χ3v) is 3.49. The van der Waals surface area contributed by atoms with E-state index in [-0.39, 0.29) is 11.3 Å². The Hall–Kier alpha value is -2.52. The fourth-order valence-corrected chi connectivity index (χ4v) is 2.42. The van der Waals surface area contributed by atoms with E-state index in [0.29, 0.717) is 24.1 Å². The number of carbonyl (C=O) groups is 2. The standard InChI is InChI=1S/C13H14N2O5.H3NO/c1-7-5-9(6-8(2)11(7)15(19)20)12(16)14-4-3-10(14)13(17)18;1-2/h5-6,10H,3-4H2,1-2H3,(H,17,18);2H,1H2. The lowest BCUT2D eigenvalue weighted by atomic mass is 9.99. The predicted octanol–water partition coefficient (Wildman–Crippen LogP) is 0.845. The molecular formula is C13H17N3O6. The molecule has 4 N–H and O–H groups in total. The number of nitrogens with zero attached hydrogens (tertiary/aromatic N) is 2. The number of hydrogen-bond acceptors (Lipinski definition) is 6. The quantitative estimate of drug-likeness (QED) is 0.553. The minimum atomic E-state index is -1.03. The number of aryl methyl sites for hydroxylation is 2. The van der Waals surface area contributed by atoms with Gasteiger partial charge in [0.1, 0.15) is 6.04 Å². The molecule has 1 amide bonds. The summed E-state index contributed by atoms with van der Waals surface area (Å²) in [5.74, 6) is 2.07. The van der Waals surface area contributed by atoms with Gasteiger partial charge >= 0.3 is 5.97 Å². The summed E-state index contributed by atoms with van der Waals surface area (Å²) < 4.78 is 0. The van der Waals surface area contributed by atoms with Gasteiger partial charge in [-0.05, 0) is 32.4 Å². The van der Waals surface area contributed by atoms with Crippen molar-refractivity contribution in [3.63, 3.8) is 0 Å². The maximum atomic E-state index is 12.2. The van der Waals surface area contributed by atoms with Crippen molar-refractivity contribution in [2.24, 2.45) is 5.90 Å². The zero-order valence-corrected chi connectivity index (χ0v) is 12.1. The second kappa shape index (κ2) is 6.96. The largest absolute Gasteiger partial charge is 0.480 e. The van der Waals surface area contributed by atoms with Crippen molar-refractivity contribution in [2.75, 3.05) is 6.54 Å². The van der Waals surface area contributed by atoms with Crippen molar-refractivity contribution < 1.29 is 24.8 Å². The maximum absolute atomic E-state index is 12.2. The molecule has 1 saturated heterocycles. The zero-order chi connectivity index (χ0) is 17.0. The predicted molar refractivity (Wildman–Crippen MR) is 75.6 cm³/mol. The molecule has 1 unspecified atom stereocenters. The van der Waals surface area contributed by atoms with Crippen LogP contribution in [0.4, 0.5) is 5.69 Å². The van der Waals surface area contributed by atoms with Crippen molar-refractivity contribution in [2.45, 2.75) is 26.3 Å². The first kappa shape index (κ1) is 17.5. The van der Waals surface area contributed by atoms with Crippen molar-refractivity contribution >= 4 is 17.6 Å². The molecule has 0 radical (unpaired) electrons. The number of nitro groups is 1. The van der Waals surface area contributed by atoms with Crippen LogP contribution in [-0.4, -0.2) is 44.6 Å². The molecule has 120 valence electrons. The molecule has 1 aliphatic heterocycles. The molecule has 9 nitrogen and oxygen atoms in total. The first-order chi connectivity index (χ1) is 10.3. The number of carbonyl (C=O) groups excluding carboxylic acids is 1. The number of nitro benzene ring substituents is 1. The second-order valence-corrected chi connectivity index (χ2v) is 4.86. The Bertz CT molecular complexity index is 593. The van der Waals surface area contributed by atoms with Gasteiger partial charge in [0.25, 0.3) is 11.6 Å². The molecule has 1 aromatic carbocycles. The number of hydrogen-bond donors (Lipinski definition) is 3. The number of benzene rings is 1. The summed E-state index contributed by atoms with van der Waals surface area (Å²) in [5, 5.41) is 26.3. The molecule has 0 aromatic heterocycles. The van der Waals surface area contributed by atoms with E-state index in [9.17, 15) is 19.7 Å². The van der Waals surface area contributed by atoms with Crippen LogP contribution in [0.1, 0.15) is 27.9 Å². The number of rotatable bonds is 3. The summed E-state index contributed by atoms with van der Waals surface area (Å²) in [4.78, 5) is 34.8. The molecule has 0 saturated carbocycles. The average Bonchev–Trinajstić information content (AvgIpc) is 2.37. The molecule has 9 heteroatoms. The van der Waals surface area contributed by atoms with Crippen LogP contribution >= 0.6 is 0 Å². The summed E-state index contributed by atoms with van der Waals surface area (Å²) in [6.07, 6.45) is 0.437. The zero-order valence-electron chi connectivity index (χ0n) is 12.1. The van der Waals surface area contributed by atoms with E-state index in [1.54, 1.807) is 13.8 Å². The van der Waals surface area contributed by atoms with Gasteiger partial charge < -0.3 is 15.2 Å². The minimum Gasteiger partial charge on any atom is -0.480 e. The summed E-state index contributed by atoms with van der Waals surface area (Å²) in [6, 6.07) is 2.08. The van der Waals surface area contributed by atoms with Crippen LogP contribution in [0.25, 0.3) is 0 Å². The van der Waals surface area contributed by atoms with Crippen LogP contribution in [0.15, 0.2) is 12.1 Å². The lowest BCUT2D eigenvalue weighted by Crippen LogP contribution is -2.55. The number of nitrogens with two attached hydrogens (primary N) is 1. The number of amides is 1. The molecular weight excluding hydrogens is 294 g/mol. The highest BCUT2D eigenvalue weighted by molar-refractivity contribution is 5.98. The molecule has 22 heavy (non-hydrogen) atoms. The van der Waals surface area contributed by atoms with Crippen molar-refractivity contribution in [3.05, 3.63) is 38.9 Å². The molecule has 1 aliphatic rings. The van der Waals surface area contributed by atoms with Gasteiger partial charge in [-0.2, -0.15) is 0 Å². The number of carboxylic acids is 1. The van der Waals surface area contributed by atoms with Crippen LogP contribution < -0.4 is 5.90 Å². The molecule has 1 fully saturated rings. The van der Waals surface area contributed by atoms with Crippen molar-refractivity contribution in [1.82, 2.24) is 4.90 Å². The number of carboxylic acid groups (broad SMARTS) is 1. The second-order valence-electron chi connectivity index (χ2n) is 4.86. The van der Waals surface area contributed by atoms with Gasteiger partial charge in [0.05, 0.1) is 4.92 Å². The fraction of sp³-hybridized carbons (Fsp3) is 0.385. The Morgan fingerprint density at radius 1 is 1.32 bits per heavy atom. The molecule has 0 aliphatic carbocycles. The fourth-order valence-electron chi connectivity index (χ4n) is 2.42.